The summed E-state index contributed by atoms with van der Waals surface area (Å²) in [5, 5.41) is 0. The van der Waals surface area contributed by atoms with E-state index in [1.165, 1.54) is 29.3 Å². The van der Waals surface area contributed by atoms with Gasteiger partial charge in [-0.2, -0.15) is 0 Å². The molecule has 0 unspecified atom stereocenters. The first-order chi connectivity index (χ1) is 14.6. The van der Waals surface area contributed by atoms with E-state index in [0.29, 0.717) is 17.9 Å². The third kappa shape index (κ3) is 6.00. The Morgan fingerprint density at radius 1 is 0.833 bits per heavy atom. The van der Waals surface area contributed by atoms with Crippen LogP contribution in [-0.2, 0) is 12.8 Å². The lowest BCUT2D eigenvalue weighted by Gasteiger charge is -2.12. The summed E-state index contributed by atoms with van der Waals surface area (Å²) in [6.07, 6.45) is 9.56. The van der Waals surface area contributed by atoms with Crippen LogP contribution in [0.5, 0.6) is 0 Å². The largest absolute Gasteiger partial charge is 0.206 e. The molecule has 0 saturated heterocycles. The smallest absolute Gasteiger partial charge is 0.133 e. The molecule has 0 heterocycles. The quantitative estimate of drug-likeness (QED) is 0.264. The fourth-order valence-electron chi connectivity index (χ4n) is 3.55. The Morgan fingerprint density at radius 3 is 2.13 bits per heavy atom. The van der Waals surface area contributed by atoms with E-state index in [0.717, 1.165) is 18.4 Å². The summed E-state index contributed by atoms with van der Waals surface area (Å²) in [6.45, 7) is 4.16. The lowest BCUT2D eigenvalue weighted by atomic mass is 9.93. The van der Waals surface area contributed by atoms with Crippen LogP contribution in [0.4, 0.5) is 8.78 Å². The van der Waals surface area contributed by atoms with Crippen LogP contribution in [0.25, 0.3) is 12.2 Å². The van der Waals surface area contributed by atoms with Crippen molar-refractivity contribution in [3.05, 3.63) is 118 Å². The molecule has 2 heteroatoms. The van der Waals surface area contributed by atoms with Crippen molar-refractivity contribution in [3.63, 3.8) is 0 Å². The molecule has 0 aliphatic carbocycles. The van der Waals surface area contributed by atoms with E-state index in [9.17, 15) is 8.78 Å². The van der Waals surface area contributed by atoms with Crippen molar-refractivity contribution in [1.82, 2.24) is 0 Å². The van der Waals surface area contributed by atoms with Crippen molar-refractivity contribution < 1.29 is 8.78 Å². The minimum atomic E-state index is -0.518. The van der Waals surface area contributed by atoms with Crippen molar-refractivity contribution >= 4 is 12.2 Å². The fraction of sp³-hybridized carbons (Fsp3) is 0.214. The van der Waals surface area contributed by atoms with Gasteiger partial charge < -0.3 is 0 Å². The second kappa shape index (κ2) is 10.7. The van der Waals surface area contributed by atoms with Crippen LogP contribution in [0.3, 0.4) is 0 Å². The van der Waals surface area contributed by atoms with E-state index in [-0.39, 0.29) is 5.56 Å². The molecule has 0 nitrogen and oxygen atoms in total. The molecular weight excluding hydrogens is 374 g/mol. The van der Waals surface area contributed by atoms with Gasteiger partial charge >= 0.3 is 0 Å². The Kier molecular flexibility index (Phi) is 7.73. The van der Waals surface area contributed by atoms with Gasteiger partial charge in [-0.05, 0) is 72.6 Å². The maximum Gasteiger partial charge on any atom is 0.133 e. The summed E-state index contributed by atoms with van der Waals surface area (Å²) in [5.41, 5.74) is 4.17. The predicted octanol–water partition coefficient (Wildman–Crippen LogP) is 7.99. The zero-order chi connectivity index (χ0) is 21.3. The lowest BCUT2D eigenvalue weighted by molar-refractivity contribution is 0.575. The molecular formula is C28H28F2. The number of hydrogen-bond donors (Lipinski definition) is 0. The van der Waals surface area contributed by atoms with E-state index in [2.05, 4.69) is 43.3 Å². The number of rotatable bonds is 8. The normalized spacial score (nSPS) is 12.7. The number of hydrogen-bond acceptors (Lipinski definition) is 0. The molecule has 0 aliphatic heterocycles. The highest BCUT2D eigenvalue weighted by atomic mass is 19.1. The Morgan fingerprint density at radius 2 is 1.50 bits per heavy atom. The van der Waals surface area contributed by atoms with Gasteiger partial charge in [0.25, 0.3) is 0 Å². The Balaban J connectivity index is 1.66. The highest BCUT2D eigenvalue weighted by Crippen LogP contribution is 2.22. The molecule has 0 N–H and O–H groups in total. The zero-order valence-electron chi connectivity index (χ0n) is 17.6. The van der Waals surface area contributed by atoms with E-state index >= 15 is 0 Å². The second-order valence-corrected chi connectivity index (χ2v) is 7.67. The summed E-state index contributed by atoms with van der Waals surface area (Å²) in [6, 6.07) is 21.5. The Labute approximate surface area is 178 Å². The SMILES string of the molecule is CC=CCCc1cc(F)c(C=Cc2ccc(C[C@@H](C)c3ccccc3)cc2)c(F)c1. The summed E-state index contributed by atoms with van der Waals surface area (Å²) in [4.78, 5) is 0. The molecule has 0 aliphatic rings. The first-order valence-electron chi connectivity index (χ1n) is 10.5. The number of halogens is 2. The van der Waals surface area contributed by atoms with Gasteiger partial charge in [-0.25, -0.2) is 8.78 Å². The van der Waals surface area contributed by atoms with Crippen molar-refractivity contribution in [2.45, 2.75) is 39.0 Å². The van der Waals surface area contributed by atoms with Crippen LogP contribution in [0.15, 0.2) is 78.9 Å². The Bertz CT molecular complexity index is 976. The van der Waals surface area contributed by atoms with Crippen molar-refractivity contribution in [1.29, 1.82) is 0 Å². The zero-order valence-corrected chi connectivity index (χ0v) is 17.6. The van der Waals surface area contributed by atoms with E-state index in [1.807, 2.05) is 37.3 Å². The van der Waals surface area contributed by atoms with Gasteiger partial charge in [-0.1, -0.05) is 79.7 Å². The van der Waals surface area contributed by atoms with Crippen LogP contribution >= 0.6 is 0 Å². The summed E-state index contributed by atoms with van der Waals surface area (Å²) < 4.78 is 28.8. The minimum absolute atomic E-state index is 0.00607. The van der Waals surface area contributed by atoms with Crippen LogP contribution in [-0.4, -0.2) is 0 Å². The average Bonchev–Trinajstić information content (AvgIpc) is 2.75. The number of allylic oxidation sites excluding steroid dienone is 2. The third-order valence-corrected chi connectivity index (χ3v) is 5.31. The molecule has 0 saturated carbocycles. The van der Waals surface area contributed by atoms with Crippen molar-refractivity contribution in [2.75, 3.05) is 0 Å². The van der Waals surface area contributed by atoms with Gasteiger partial charge in [-0.3, -0.25) is 0 Å². The first-order valence-corrected chi connectivity index (χ1v) is 10.5. The summed E-state index contributed by atoms with van der Waals surface area (Å²) in [5.74, 6) is -0.604. The molecule has 3 aromatic rings. The topological polar surface area (TPSA) is 0 Å². The third-order valence-electron chi connectivity index (χ3n) is 5.31. The standard InChI is InChI=1S/C28H28F2/c1-3-4-6-9-24-19-27(29)26(28(30)20-24)17-16-22-12-14-23(15-13-22)18-21(2)25-10-7-5-8-11-25/h3-5,7-8,10-17,19-21H,6,9,18H2,1-2H3/t21-/m1/s1. The Hall–Kier alpha value is -3.00. The average molecular weight is 403 g/mol. The van der Waals surface area contributed by atoms with Gasteiger partial charge in [0.15, 0.2) is 0 Å². The highest BCUT2D eigenvalue weighted by molar-refractivity contribution is 5.70. The molecule has 30 heavy (non-hydrogen) atoms. The van der Waals surface area contributed by atoms with Gasteiger partial charge in [0.2, 0.25) is 0 Å². The molecule has 0 radical (unpaired) electrons. The highest BCUT2D eigenvalue weighted by Gasteiger charge is 2.09. The van der Waals surface area contributed by atoms with Crippen LogP contribution in [0, 0.1) is 11.6 Å². The van der Waals surface area contributed by atoms with Gasteiger partial charge in [0.05, 0.1) is 0 Å². The molecule has 0 spiro atoms. The molecule has 1 atom stereocenters. The summed E-state index contributed by atoms with van der Waals surface area (Å²) >= 11 is 0. The molecule has 3 aromatic carbocycles. The maximum atomic E-state index is 14.4. The van der Waals surface area contributed by atoms with Gasteiger partial charge in [-0.15, -0.1) is 0 Å². The fourth-order valence-corrected chi connectivity index (χ4v) is 3.55. The molecule has 154 valence electrons. The van der Waals surface area contributed by atoms with Crippen LogP contribution in [0.2, 0.25) is 0 Å². The minimum Gasteiger partial charge on any atom is -0.206 e. The van der Waals surface area contributed by atoms with E-state index < -0.39 is 11.6 Å². The van der Waals surface area contributed by atoms with E-state index in [1.54, 1.807) is 6.08 Å². The first kappa shape index (κ1) is 21.7. The second-order valence-electron chi connectivity index (χ2n) is 7.67. The van der Waals surface area contributed by atoms with Crippen molar-refractivity contribution in [3.8, 4) is 0 Å². The molecule has 0 fully saturated rings. The predicted molar refractivity (Wildman–Crippen MR) is 123 cm³/mol. The van der Waals surface area contributed by atoms with Gasteiger partial charge in [0, 0.05) is 5.56 Å². The van der Waals surface area contributed by atoms with E-state index in [4.69, 9.17) is 0 Å². The lowest BCUT2D eigenvalue weighted by Crippen LogP contribution is -1.98. The van der Waals surface area contributed by atoms with Crippen molar-refractivity contribution in [2.24, 2.45) is 0 Å². The number of aryl methyl sites for hydroxylation is 1. The van der Waals surface area contributed by atoms with Crippen LogP contribution in [0.1, 0.15) is 54.0 Å². The van der Waals surface area contributed by atoms with Gasteiger partial charge in [0.1, 0.15) is 11.6 Å². The summed E-state index contributed by atoms with van der Waals surface area (Å²) in [7, 11) is 0. The molecule has 0 aromatic heterocycles. The molecule has 0 bridgehead atoms. The molecule has 3 rings (SSSR count). The van der Waals surface area contributed by atoms with Crippen LogP contribution < -0.4 is 0 Å². The molecule has 0 amide bonds. The maximum absolute atomic E-state index is 14.4. The monoisotopic (exact) mass is 402 g/mol. The number of benzene rings is 3.